The molecule has 1 N–H and O–H groups in total. The highest BCUT2D eigenvalue weighted by molar-refractivity contribution is 7.07. The van der Waals surface area contributed by atoms with E-state index in [1.165, 1.54) is 6.20 Å². The number of ether oxygens (including phenoxy) is 2. The highest BCUT2D eigenvalue weighted by Crippen LogP contribution is 2.42. The van der Waals surface area contributed by atoms with E-state index in [-0.39, 0.29) is 11.4 Å². The van der Waals surface area contributed by atoms with Gasteiger partial charge in [-0.25, -0.2) is 0 Å². The number of nitrogens with one attached hydrogen (secondary N) is 1. The number of hydrogen-bond donors (Lipinski definition) is 1. The third-order valence-corrected chi connectivity index (χ3v) is 5.15. The van der Waals surface area contributed by atoms with Crippen molar-refractivity contribution in [2.24, 2.45) is 0 Å². The lowest BCUT2D eigenvalue weighted by molar-refractivity contribution is 0.0901. The van der Waals surface area contributed by atoms with Gasteiger partial charge in [-0.15, -0.1) is 5.10 Å². The Kier molecular flexibility index (Phi) is 3.65. The molecule has 0 unspecified atom stereocenters. The van der Waals surface area contributed by atoms with Crippen molar-refractivity contribution in [1.82, 2.24) is 14.9 Å². The predicted molar refractivity (Wildman–Crippen MR) is 85.0 cm³/mol. The Labute approximate surface area is 138 Å². The standard InChI is InChI=1S/C16H17N3O3S/c20-15(14-10-17-19-23-14)18-16(5-1-2-6-16)11-3-4-12-13(9-11)22-8-7-21-12/h3-4,9-10H,1-2,5-8H2,(H,18,20). The van der Waals surface area contributed by atoms with Crippen LogP contribution in [0.4, 0.5) is 0 Å². The van der Waals surface area contributed by atoms with Gasteiger partial charge in [0.15, 0.2) is 11.5 Å². The maximum absolute atomic E-state index is 12.5. The minimum Gasteiger partial charge on any atom is -0.486 e. The monoisotopic (exact) mass is 331 g/mol. The molecule has 1 amide bonds. The van der Waals surface area contributed by atoms with Gasteiger partial charge in [-0.2, -0.15) is 0 Å². The van der Waals surface area contributed by atoms with Crippen LogP contribution in [0, 0.1) is 0 Å². The molecule has 6 nitrogen and oxygen atoms in total. The summed E-state index contributed by atoms with van der Waals surface area (Å²) in [6.45, 7) is 1.13. The summed E-state index contributed by atoms with van der Waals surface area (Å²) in [6.07, 6.45) is 5.53. The molecule has 2 heterocycles. The van der Waals surface area contributed by atoms with Crippen molar-refractivity contribution in [2.75, 3.05) is 13.2 Å². The zero-order valence-electron chi connectivity index (χ0n) is 12.6. The second kappa shape index (κ2) is 5.81. The molecule has 23 heavy (non-hydrogen) atoms. The van der Waals surface area contributed by atoms with Crippen LogP contribution in [0.3, 0.4) is 0 Å². The normalized spacial score (nSPS) is 18.6. The van der Waals surface area contributed by atoms with E-state index < -0.39 is 0 Å². The maximum atomic E-state index is 12.5. The highest BCUT2D eigenvalue weighted by atomic mass is 32.1. The summed E-state index contributed by atoms with van der Waals surface area (Å²) in [6, 6.07) is 5.97. The van der Waals surface area contributed by atoms with Gasteiger partial charge in [0.2, 0.25) is 0 Å². The number of hydrogen-bond acceptors (Lipinski definition) is 6. The summed E-state index contributed by atoms with van der Waals surface area (Å²) in [5.74, 6) is 1.41. The van der Waals surface area contributed by atoms with Gasteiger partial charge in [0, 0.05) is 0 Å². The smallest absolute Gasteiger partial charge is 0.265 e. The molecule has 1 aromatic heterocycles. The summed E-state index contributed by atoms with van der Waals surface area (Å²) in [5, 5.41) is 6.96. The molecule has 2 aromatic rings. The molecule has 1 aromatic carbocycles. The third-order valence-electron chi connectivity index (χ3n) is 4.49. The Bertz CT molecular complexity index is 711. The van der Waals surface area contributed by atoms with Crippen LogP contribution in [0.5, 0.6) is 11.5 Å². The molecule has 2 aliphatic rings. The summed E-state index contributed by atoms with van der Waals surface area (Å²) < 4.78 is 15.0. The van der Waals surface area contributed by atoms with E-state index >= 15 is 0 Å². The summed E-state index contributed by atoms with van der Waals surface area (Å²) in [7, 11) is 0. The van der Waals surface area contributed by atoms with Crippen molar-refractivity contribution in [3.63, 3.8) is 0 Å². The van der Waals surface area contributed by atoms with Crippen LogP contribution in [0.15, 0.2) is 24.4 Å². The van der Waals surface area contributed by atoms with E-state index in [1.54, 1.807) is 0 Å². The average Bonchev–Trinajstić information content (AvgIpc) is 3.27. The number of aromatic nitrogens is 2. The fourth-order valence-electron chi connectivity index (χ4n) is 3.35. The maximum Gasteiger partial charge on any atom is 0.265 e. The van der Waals surface area contributed by atoms with Crippen LogP contribution in [0.25, 0.3) is 0 Å². The summed E-state index contributed by atoms with van der Waals surface area (Å²) in [5.41, 5.74) is 0.724. The molecule has 4 rings (SSSR count). The van der Waals surface area contributed by atoms with E-state index in [1.807, 2.05) is 18.2 Å². The molecular formula is C16H17N3O3S. The fourth-order valence-corrected chi connectivity index (χ4v) is 3.76. The Morgan fingerprint density at radius 3 is 2.70 bits per heavy atom. The molecule has 0 bridgehead atoms. The van der Waals surface area contributed by atoms with E-state index in [4.69, 9.17) is 9.47 Å². The van der Waals surface area contributed by atoms with E-state index in [9.17, 15) is 4.79 Å². The zero-order chi connectivity index (χ0) is 15.7. The number of carbonyl (C=O) groups excluding carboxylic acids is 1. The number of rotatable bonds is 3. The zero-order valence-corrected chi connectivity index (χ0v) is 13.4. The highest BCUT2D eigenvalue weighted by Gasteiger charge is 2.38. The lowest BCUT2D eigenvalue weighted by Crippen LogP contribution is -2.43. The average molecular weight is 331 g/mol. The minimum absolute atomic E-state index is 0.114. The Balaban J connectivity index is 1.66. The van der Waals surface area contributed by atoms with Crippen LogP contribution in [-0.2, 0) is 5.54 Å². The van der Waals surface area contributed by atoms with Gasteiger partial charge >= 0.3 is 0 Å². The van der Waals surface area contributed by atoms with Crippen LogP contribution >= 0.6 is 11.5 Å². The lowest BCUT2D eigenvalue weighted by Gasteiger charge is -2.32. The van der Waals surface area contributed by atoms with Crippen LogP contribution in [-0.4, -0.2) is 28.7 Å². The fraction of sp³-hybridized carbons (Fsp3) is 0.438. The number of amides is 1. The Morgan fingerprint density at radius 2 is 1.96 bits per heavy atom. The molecule has 1 fully saturated rings. The van der Waals surface area contributed by atoms with Crippen molar-refractivity contribution in [3.8, 4) is 11.5 Å². The van der Waals surface area contributed by atoms with Gasteiger partial charge in [0.25, 0.3) is 5.91 Å². The molecular weight excluding hydrogens is 314 g/mol. The molecule has 0 spiro atoms. The van der Waals surface area contributed by atoms with Crippen molar-refractivity contribution >= 4 is 17.4 Å². The molecule has 120 valence electrons. The van der Waals surface area contributed by atoms with Crippen LogP contribution in [0.1, 0.15) is 40.9 Å². The summed E-state index contributed by atoms with van der Waals surface area (Å²) >= 11 is 1.11. The van der Waals surface area contributed by atoms with Crippen LogP contribution in [0.2, 0.25) is 0 Å². The molecule has 1 aliphatic carbocycles. The Hall–Kier alpha value is -2.15. The number of nitrogens with zero attached hydrogens (tertiary/aromatic N) is 2. The van der Waals surface area contributed by atoms with Gasteiger partial charge in [0.1, 0.15) is 18.1 Å². The second-order valence-electron chi connectivity index (χ2n) is 5.88. The molecule has 1 aliphatic heterocycles. The molecule has 0 atom stereocenters. The van der Waals surface area contributed by atoms with Crippen molar-refractivity contribution in [3.05, 3.63) is 34.8 Å². The SMILES string of the molecule is O=C(NC1(c2ccc3c(c2)OCCO3)CCCC1)c1cnns1. The minimum atomic E-state index is -0.350. The van der Waals surface area contributed by atoms with Gasteiger partial charge < -0.3 is 14.8 Å². The van der Waals surface area contributed by atoms with Crippen molar-refractivity contribution in [1.29, 1.82) is 0 Å². The first kappa shape index (κ1) is 14.4. The number of fused-ring (bicyclic) bond motifs is 1. The van der Waals surface area contributed by atoms with Crippen molar-refractivity contribution < 1.29 is 14.3 Å². The van der Waals surface area contributed by atoms with Crippen LogP contribution < -0.4 is 14.8 Å². The third kappa shape index (κ3) is 2.65. The quantitative estimate of drug-likeness (QED) is 0.935. The predicted octanol–water partition coefficient (Wildman–Crippen LogP) is 2.51. The molecule has 1 saturated carbocycles. The van der Waals surface area contributed by atoms with Crippen molar-refractivity contribution in [2.45, 2.75) is 31.2 Å². The van der Waals surface area contributed by atoms with Gasteiger partial charge in [0.05, 0.1) is 11.7 Å². The largest absolute Gasteiger partial charge is 0.486 e. The molecule has 7 heteroatoms. The first-order chi connectivity index (χ1) is 11.3. The topological polar surface area (TPSA) is 73.3 Å². The Morgan fingerprint density at radius 1 is 1.17 bits per heavy atom. The summed E-state index contributed by atoms with van der Waals surface area (Å²) in [4.78, 5) is 13.0. The van der Waals surface area contributed by atoms with Gasteiger partial charge in [-0.3, -0.25) is 4.79 Å². The second-order valence-corrected chi connectivity index (χ2v) is 6.67. The molecule has 0 radical (unpaired) electrons. The van der Waals surface area contributed by atoms with E-state index in [0.717, 1.165) is 54.3 Å². The first-order valence-electron chi connectivity index (χ1n) is 7.77. The number of benzene rings is 1. The van der Waals surface area contributed by atoms with Gasteiger partial charge in [-0.1, -0.05) is 23.4 Å². The first-order valence-corrected chi connectivity index (χ1v) is 8.54. The lowest BCUT2D eigenvalue weighted by atomic mass is 9.87. The van der Waals surface area contributed by atoms with E-state index in [2.05, 4.69) is 14.9 Å². The molecule has 0 saturated heterocycles. The van der Waals surface area contributed by atoms with E-state index in [0.29, 0.717) is 18.1 Å². The van der Waals surface area contributed by atoms with Gasteiger partial charge in [-0.05, 0) is 42.1 Å². The number of carbonyl (C=O) groups is 1.